The standard InChI is InChI=1S/C12H11ClF2N4/c1-6-2-3-7(4-8(6)13)17-11-9(14)5-10(15)12(18-11)19-16/h2-5H,16H2,1H3,(H2,17,18,19). The van der Waals surface area contributed by atoms with Crippen LogP contribution in [0.2, 0.25) is 5.02 Å². The number of nitrogen functional groups attached to an aromatic ring is 1. The van der Waals surface area contributed by atoms with Gasteiger partial charge in [0.15, 0.2) is 23.3 Å². The fraction of sp³-hybridized carbons (Fsp3) is 0.0833. The lowest BCUT2D eigenvalue weighted by Crippen LogP contribution is -2.12. The van der Waals surface area contributed by atoms with Gasteiger partial charge < -0.3 is 10.7 Å². The molecule has 100 valence electrons. The summed E-state index contributed by atoms with van der Waals surface area (Å²) in [5.74, 6) is 3.00. The van der Waals surface area contributed by atoms with Crippen molar-refractivity contribution in [2.24, 2.45) is 5.84 Å². The SMILES string of the molecule is Cc1ccc(Nc2nc(NN)c(F)cc2F)cc1Cl. The Morgan fingerprint density at radius 3 is 2.47 bits per heavy atom. The molecule has 0 aliphatic carbocycles. The molecule has 4 N–H and O–H groups in total. The van der Waals surface area contributed by atoms with E-state index in [-0.39, 0.29) is 11.6 Å². The normalized spacial score (nSPS) is 10.4. The third kappa shape index (κ3) is 2.91. The number of hydrogen-bond donors (Lipinski definition) is 3. The van der Waals surface area contributed by atoms with E-state index in [1.54, 1.807) is 18.2 Å². The van der Waals surface area contributed by atoms with Crippen LogP contribution in [0, 0.1) is 18.6 Å². The average Bonchev–Trinajstić information content (AvgIpc) is 2.37. The predicted molar refractivity (Wildman–Crippen MR) is 71.4 cm³/mol. The fourth-order valence-corrected chi connectivity index (χ4v) is 1.64. The van der Waals surface area contributed by atoms with Crippen molar-refractivity contribution < 1.29 is 8.78 Å². The summed E-state index contributed by atoms with van der Waals surface area (Å²) >= 11 is 5.96. The Morgan fingerprint density at radius 1 is 1.16 bits per heavy atom. The van der Waals surface area contributed by atoms with Gasteiger partial charge in [-0.15, -0.1) is 0 Å². The molecule has 0 saturated heterocycles. The van der Waals surface area contributed by atoms with Crippen molar-refractivity contribution in [1.82, 2.24) is 4.98 Å². The highest BCUT2D eigenvalue weighted by atomic mass is 35.5. The number of pyridine rings is 1. The molecule has 1 heterocycles. The van der Waals surface area contributed by atoms with Gasteiger partial charge in [-0.05, 0) is 24.6 Å². The first-order valence-electron chi connectivity index (χ1n) is 5.37. The number of nitrogens with zero attached hydrogens (tertiary/aromatic N) is 1. The molecule has 0 bridgehead atoms. The summed E-state index contributed by atoms with van der Waals surface area (Å²) < 4.78 is 26.8. The molecule has 7 heteroatoms. The quantitative estimate of drug-likeness (QED) is 0.597. The summed E-state index contributed by atoms with van der Waals surface area (Å²) in [4.78, 5) is 3.70. The molecule has 0 atom stereocenters. The number of nitrogens with two attached hydrogens (primary N) is 1. The molecule has 0 aliphatic rings. The number of hydrogen-bond acceptors (Lipinski definition) is 4. The second-order valence-electron chi connectivity index (χ2n) is 3.88. The maximum atomic E-state index is 13.6. The zero-order valence-electron chi connectivity index (χ0n) is 9.97. The van der Waals surface area contributed by atoms with Crippen LogP contribution in [-0.4, -0.2) is 4.98 Å². The van der Waals surface area contributed by atoms with Crippen LogP contribution in [0.5, 0.6) is 0 Å². The minimum Gasteiger partial charge on any atom is -0.338 e. The summed E-state index contributed by atoms with van der Waals surface area (Å²) in [5.41, 5.74) is 3.48. The van der Waals surface area contributed by atoms with Crippen LogP contribution in [-0.2, 0) is 0 Å². The molecule has 0 spiro atoms. The molecule has 4 nitrogen and oxygen atoms in total. The van der Waals surface area contributed by atoms with E-state index in [0.717, 1.165) is 5.56 Å². The van der Waals surface area contributed by atoms with Crippen molar-refractivity contribution in [3.63, 3.8) is 0 Å². The maximum Gasteiger partial charge on any atom is 0.178 e. The predicted octanol–water partition coefficient (Wildman–Crippen LogP) is 3.35. The van der Waals surface area contributed by atoms with Gasteiger partial charge in [-0.3, -0.25) is 0 Å². The maximum absolute atomic E-state index is 13.6. The second-order valence-corrected chi connectivity index (χ2v) is 4.29. The molecule has 0 fully saturated rings. The Balaban J connectivity index is 2.34. The minimum atomic E-state index is -0.868. The molecule has 19 heavy (non-hydrogen) atoms. The highest BCUT2D eigenvalue weighted by Crippen LogP contribution is 2.25. The van der Waals surface area contributed by atoms with Crippen molar-refractivity contribution in [2.75, 3.05) is 10.7 Å². The summed E-state index contributed by atoms with van der Waals surface area (Å²) in [7, 11) is 0. The molecule has 1 aromatic carbocycles. The molecular weight excluding hydrogens is 274 g/mol. The van der Waals surface area contributed by atoms with Crippen molar-refractivity contribution in [3.8, 4) is 0 Å². The van der Waals surface area contributed by atoms with Gasteiger partial charge in [0.1, 0.15) is 0 Å². The van der Waals surface area contributed by atoms with E-state index in [1.807, 2.05) is 6.92 Å². The zero-order valence-corrected chi connectivity index (χ0v) is 10.7. The number of halogens is 3. The molecule has 1 aromatic heterocycles. The van der Waals surface area contributed by atoms with Crippen molar-refractivity contribution >= 4 is 28.9 Å². The summed E-state index contributed by atoms with van der Waals surface area (Å²) in [6.45, 7) is 1.85. The fourth-order valence-electron chi connectivity index (χ4n) is 1.46. The van der Waals surface area contributed by atoms with E-state index in [0.29, 0.717) is 16.8 Å². The van der Waals surface area contributed by atoms with Crippen molar-refractivity contribution in [2.45, 2.75) is 6.92 Å². The third-order valence-corrected chi connectivity index (χ3v) is 2.91. The summed E-state index contributed by atoms with van der Waals surface area (Å²) in [5, 5.41) is 3.24. The lowest BCUT2D eigenvalue weighted by atomic mass is 10.2. The second kappa shape index (κ2) is 5.38. The van der Waals surface area contributed by atoms with E-state index in [1.165, 1.54) is 0 Å². The molecule has 0 unspecified atom stereocenters. The van der Waals surface area contributed by atoms with Crippen molar-refractivity contribution in [3.05, 3.63) is 46.5 Å². The average molecular weight is 285 g/mol. The van der Waals surface area contributed by atoms with E-state index >= 15 is 0 Å². The van der Waals surface area contributed by atoms with Crippen molar-refractivity contribution in [1.29, 1.82) is 0 Å². The molecule has 2 aromatic rings. The van der Waals surface area contributed by atoms with Crippen LogP contribution in [0.1, 0.15) is 5.56 Å². The lowest BCUT2D eigenvalue weighted by Gasteiger charge is -2.10. The highest BCUT2D eigenvalue weighted by molar-refractivity contribution is 6.31. The molecule has 0 saturated carbocycles. The van der Waals surface area contributed by atoms with Gasteiger partial charge in [0, 0.05) is 16.8 Å². The Hall–Kier alpha value is -1.92. The number of benzene rings is 1. The van der Waals surface area contributed by atoms with Crippen LogP contribution < -0.4 is 16.6 Å². The first-order chi connectivity index (χ1) is 9.01. The van der Waals surface area contributed by atoms with Crippen LogP contribution in [0.3, 0.4) is 0 Å². The Bertz CT molecular complexity index is 619. The molecular formula is C12H11ClF2N4. The number of rotatable bonds is 3. The Kier molecular flexibility index (Phi) is 3.82. The van der Waals surface area contributed by atoms with Gasteiger partial charge in [0.2, 0.25) is 0 Å². The smallest absolute Gasteiger partial charge is 0.178 e. The van der Waals surface area contributed by atoms with E-state index in [2.05, 4.69) is 15.7 Å². The van der Waals surface area contributed by atoms with Crippen LogP contribution in [0.4, 0.5) is 26.1 Å². The number of nitrogens with one attached hydrogen (secondary N) is 2. The molecule has 2 rings (SSSR count). The van der Waals surface area contributed by atoms with E-state index in [4.69, 9.17) is 17.4 Å². The number of aryl methyl sites for hydroxylation is 1. The Labute approximate surface area is 113 Å². The highest BCUT2D eigenvalue weighted by Gasteiger charge is 2.11. The van der Waals surface area contributed by atoms with Gasteiger partial charge in [-0.2, -0.15) is 0 Å². The topological polar surface area (TPSA) is 63.0 Å². The summed E-state index contributed by atoms with van der Waals surface area (Å²) in [6, 6.07) is 5.80. The lowest BCUT2D eigenvalue weighted by molar-refractivity contribution is 0.579. The first kappa shape index (κ1) is 13.5. The van der Waals surface area contributed by atoms with Gasteiger partial charge >= 0.3 is 0 Å². The van der Waals surface area contributed by atoms with Crippen LogP contribution in [0.25, 0.3) is 0 Å². The Morgan fingerprint density at radius 2 is 1.84 bits per heavy atom. The van der Waals surface area contributed by atoms with Crippen LogP contribution >= 0.6 is 11.6 Å². The van der Waals surface area contributed by atoms with Gasteiger partial charge in [0.25, 0.3) is 0 Å². The number of anilines is 3. The third-order valence-electron chi connectivity index (χ3n) is 2.50. The van der Waals surface area contributed by atoms with Gasteiger partial charge in [-0.1, -0.05) is 17.7 Å². The first-order valence-corrected chi connectivity index (χ1v) is 5.75. The summed E-state index contributed by atoms with van der Waals surface area (Å²) in [6.07, 6.45) is 0. The number of aromatic nitrogens is 1. The van der Waals surface area contributed by atoms with Crippen LogP contribution in [0.15, 0.2) is 24.3 Å². The number of hydrazine groups is 1. The van der Waals surface area contributed by atoms with Gasteiger partial charge in [-0.25, -0.2) is 19.6 Å². The largest absolute Gasteiger partial charge is 0.338 e. The zero-order chi connectivity index (χ0) is 14.0. The molecule has 0 amide bonds. The minimum absolute atomic E-state index is 0.144. The van der Waals surface area contributed by atoms with Gasteiger partial charge in [0.05, 0.1) is 0 Å². The van der Waals surface area contributed by atoms with E-state index < -0.39 is 11.6 Å². The molecule has 0 radical (unpaired) electrons. The van der Waals surface area contributed by atoms with E-state index in [9.17, 15) is 8.78 Å². The molecule has 0 aliphatic heterocycles. The monoisotopic (exact) mass is 284 g/mol.